The molecule has 0 aliphatic carbocycles. The van der Waals surface area contributed by atoms with E-state index in [1.165, 1.54) is 0 Å². The Balaban J connectivity index is 1.22. The predicted molar refractivity (Wildman–Crippen MR) is 118 cm³/mol. The van der Waals surface area contributed by atoms with E-state index in [1.807, 2.05) is 36.4 Å². The number of nitrogens with zero attached hydrogens (tertiary/aromatic N) is 2. The van der Waals surface area contributed by atoms with E-state index in [1.54, 1.807) is 7.11 Å². The molecule has 2 heterocycles. The number of methoxy groups -OCH3 is 1. The molecule has 1 fully saturated rings. The summed E-state index contributed by atoms with van der Waals surface area (Å²) in [5.74, 6) is 1.03. The molecule has 1 N–H and O–H groups in total. The Bertz CT molecular complexity index is 865. The average Bonchev–Trinajstić information content (AvgIpc) is 3.06. The van der Waals surface area contributed by atoms with Gasteiger partial charge < -0.3 is 15.0 Å². The molecular formula is C23H28ClN3O2. The van der Waals surface area contributed by atoms with Crippen molar-refractivity contribution >= 4 is 28.9 Å². The third-order valence-electron chi connectivity index (χ3n) is 5.98. The van der Waals surface area contributed by atoms with Gasteiger partial charge in [-0.25, -0.2) is 0 Å². The maximum Gasteiger partial charge on any atom is 0.232 e. The van der Waals surface area contributed by atoms with Gasteiger partial charge in [-0.3, -0.25) is 9.69 Å². The molecule has 0 radical (unpaired) electrons. The van der Waals surface area contributed by atoms with Crippen molar-refractivity contribution in [3.63, 3.8) is 0 Å². The highest BCUT2D eigenvalue weighted by Gasteiger charge is 2.29. The van der Waals surface area contributed by atoms with Gasteiger partial charge in [0.2, 0.25) is 5.91 Å². The van der Waals surface area contributed by atoms with Crippen molar-refractivity contribution < 1.29 is 9.53 Å². The zero-order valence-electron chi connectivity index (χ0n) is 16.9. The van der Waals surface area contributed by atoms with Crippen LogP contribution in [0.3, 0.4) is 0 Å². The normalized spacial score (nSPS) is 19.2. The minimum absolute atomic E-state index is 0.0124. The standard InChI is InChI=1S/C23H28ClN3O2/c1-29-22-10-9-17(24)16-21(22)27-14-12-26(13-15-27)11-5-4-7-19-18-6-2-3-8-20(18)25-23(19)28/h2-3,6,8-10,16,19H,4-5,7,11-15H2,1H3,(H,25,28). The second-order valence-electron chi connectivity index (χ2n) is 7.77. The van der Waals surface area contributed by atoms with Crippen LogP contribution in [0.15, 0.2) is 42.5 Å². The van der Waals surface area contributed by atoms with E-state index < -0.39 is 0 Å². The van der Waals surface area contributed by atoms with E-state index in [4.69, 9.17) is 16.3 Å². The SMILES string of the molecule is COc1ccc(Cl)cc1N1CCN(CCCCC2C(=O)Nc3ccccc32)CC1. The summed E-state index contributed by atoms with van der Waals surface area (Å²) in [5.41, 5.74) is 3.21. The van der Waals surface area contributed by atoms with Gasteiger partial charge in [0.25, 0.3) is 0 Å². The molecule has 154 valence electrons. The number of fused-ring (bicyclic) bond motifs is 1. The fraction of sp³-hybridized carbons (Fsp3) is 0.435. The topological polar surface area (TPSA) is 44.8 Å². The number of carbonyl (C=O) groups is 1. The first-order chi connectivity index (χ1) is 14.2. The zero-order valence-corrected chi connectivity index (χ0v) is 17.6. The molecule has 29 heavy (non-hydrogen) atoms. The molecule has 1 amide bonds. The number of hydrogen-bond donors (Lipinski definition) is 1. The first-order valence-electron chi connectivity index (χ1n) is 10.4. The number of halogens is 1. The summed E-state index contributed by atoms with van der Waals surface area (Å²) < 4.78 is 5.50. The summed E-state index contributed by atoms with van der Waals surface area (Å²) >= 11 is 6.18. The number of piperazine rings is 1. The largest absolute Gasteiger partial charge is 0.495 e. The van der Waals surface area contributed by atoms with Crippen molar-refractivity contribution in [2.24, 2.45) is 0 Å². The van der Waals surface area contributed by atoms with Crippen LogP contribution >= 0.6 is 11.6 Å². The average molecular weight is 414 g/mol. The van der Waals surface area contributed by atoms with Gasteiger partial charge in [-0.1, -0.05) is 36.2 Å². The number of anilines is 2. The smallest absolute Gasteiger partial charge is 0.232 e. The number of amides is 1. The maximum atomic E-state index is 12.2. The Morgan fingerprint density at radius 2 is 1.90 bits per heavy atom. The van der Waals surface area contributed by atoms with Gasteiger partial charge in [0.1, 0.15) is 5.75 Å². The molecule has 4 rings (SSSR count). The van der Waals surface area contributed by atoms with Crippen LogP contribution in [0, 0.1) is 0 Å². The van der Waals surface area contributed by atoms with Crippen molar-refractivity contribution in [2.45, 2.75) is 25.2 Å². The van der Waals surface area contributed by atoms with Gasteiger partial charge in [0.15, 0.2) is 0 Å². The van der Waals surface area contributed by atoms with Crippen LogP contribution in [0.25, 0.3) is 0 Å². The molecule has 5 nitrogen and oxygen atoms in total. The van der Waals surface area contributed by atoms with Crippen LogP contribution in [0.5, 0.6) is 5.75 Å². The molecule has 0 bridgehead atoms. The van der Waals surface area contributed by atoms with E-state index in [-0.39, 0.29) is 11.8 Å². The van der Waals surface area contributed by atoms with E-state index >= 15 is 0 Å². The number of hydrogen-bond acceptors (Lipinski definition) is 4. The zero-order chi connectivity index (χ0) is 20.2. The lowest BCUT2D eigenvalue weighted by Gasteiger charge is -2.36. The molecule has 6 heteroatoms. The minimum Gasteiger partial charge on any atom is -0.495 e. The molecular weight excluding hydrogens is 386 g/mol. The van der Waals surface area contributed by atoms with Crippen molar-refractivity contribution in [3.8, 4) is 5.75 Å². The maximum absolute atomic E-state index is 12.2. The molecule has 2 aromatic rings. The van der Waals surface area contributed by atoms with Gasteiger partial charge in [-0.2, -0.15) is 0 Å². The molecule has 0 saturated carbocycles. The van der Waals surface area contributed by atoms with Gasteiger partial charge in [-0.15, -0.1) is 0 Å². The Labute approximate surface area is 177 Å². The predicted octanol–water partition coefficient (Wildman–Crippen LogP) is 4.38. The number of nitrogens with one attached hydrogen (secondary N) is 1. The molecule has 1 saturated heterocycles. The number of carbonyl (C=O) groups excluding carboxylic acids is 1. The second kappa shape index (κ2) is 9.06. The third kappa shape index (κ3) is 4.51. The number of rotatable bonds is 7. The summed E-state index contributed by atoms with van der Waals surface area (Å²) in [7, 11) is 1.70. The van der Waals surface area contributed by atoms with Crippen molar-refractivity contribution in [3.05, 3.63) is 53.1 Å². The molecule has 0 spiro atoms. The minimum atomic E-state index is 0.0124. The van der Waals surface area contributed by atoms with E-state index in [0.717, 1.165) is 79.7 Å². The van der Waals surface area contributed by atoms with Crippen molar-refractivity contribution in [1.29, 1.82) is 0 Å². The van der Waals surface area contributed by atoms with Crippen LogP contribution in [0.4, 0.5) is 11.4 Å². The molecule has 1 atom stereocenters. The molecule has 2 aliphatic heterocycles. The van der Waals surface area contributed by atoms with Crippen LogP contribution in [-0.2, 0) is 4.79 Å². The second-order valence-corrected chi connectivity index (χ2v) is 8.21. The van der Waals surface area contributed by atoms with E-state index in [2.05, 4.69) is 21.2 Å². The summed E-state index contributed by atoms with van der Waals surface area (Å²) in [6.07, 6.45) is 3.10. The Morgan fingerprint density at radius 1 is 1.10 bits per heavy atom. The Kier molecular flexibility index (Phi) is 6.26. The number of ether oxygens (including phenoxy) is 1. The third-order valence-corrected chi connectivity index (χ3v) is 6.22. The number of unbranched alkanes of at least 4 members (excludes halogenated alkanes) is 1. The Hall–Kier alpha value is -2.24. The van der Waals surface area contributed by atoms with Gasteiger partial charge >= 0.3 is 0 Å². The first-order valence-corrected chi connectivity index (χ1v) is 10.7. The van der Waals surface area contributed by atoms with Crippen LogP contribution in [0.1, 0.15) is 30.7 Å². The fourth-order valence-corrected chi connectivity index (χ4v) is 4.54. The highest BCUT2D eigenvalue weighted by atomic mass is 35.5. The van der Waals surface area contributed by atoms with Crippen LogP contribution in [-0.4, -0.2) is 50.6 Å². The number of benzene rings is 2. The molecule has 2 aromatic carbocycles. The highest BCUT2D eigenvalue weighted by molar-refractivity contribution is 6.30. The van der Waals surface area contributed by atoms with E-state index in [9.17, 15) is 4.79 Å². The monoisotopic (exact) mass is 413 g/mol. The van der Waals surface area contributed by atoms with Crippen LogP contribution < -0.4 is 15.0 Å². The molecule has 2 aliphatic rings. The fourth-order valence-electron chi connectivity index (χ4n) is 4.37. The summed E-state index contributed by atoms with van der Waals surface area (Å²) in [5, 5.41) is 3.73. The van der Waals surface area contributed by atoms with Crippen molar-refractivity contribution in [1.82, 2.24) is 4.90 Å². The first kappa shape index (κ1) is 20.0. The lowest BCUT2D eigenvalue weighted by molar-refractivity contribution is -0.117. The summed E-state index contributed by atoms with van der Waals surface area (Å²) in [4.78, 5) is 17.1. The van der Waals surface area contributed by atoms with Gasteiger partial charge in [0, 0.05) is 36.9 Å². The van der Waals surface area contributed by atoms with E-state index in [0.29, 0.717) is 0 Å². The quantitative estimate of drug-likeness (QED) is 0.684. The van der Waals surface area contributed by atoms with Gasteiger partial charge in [0.05, 0.1) is 18.7 Å². The molecule has 0 aromatic heterocycles. The lowest BCUT2D eigenvalue weighted by Crippen LogP contribution is -2.46. The Morgan fingerprint density at radius 3 is 2.69 bits per heavy atom. The van der Waals surface area contributed by atoms with Crippen LogP contribution in [0.2, 0.25) is 5.02 Å². The lowest BCUT2D eigenvalue weighted by atomic mass is 9.95. The van der Waals surface area contributed by atoms with Gasteiger partial charge in [-0.05, 0) is 49.2 Å². The molecule has 1 unspecified atom stereocenters. The van der Waals surface area contributed by atoms with Crippen molar-refractivity contribution in [2.75, 3.05) is 50.1 Å². The number of para-hydroxylation sites is 1. The highest BCUT2D eigenvalue weighted by Crippen LogP contribution is 2.35. The summed E-state index contributed by atoms with van der Waals surface area (Å²) in [6, 6.07) is 13.8. The summed E-state index contributed by atoms with van der Waals surface area (Å²) in [6.45, 7) is 5.07.